The van der Waals surface area contributed by atoms with Crippen molar-refractivity contribution < 1.29 is 27.4 Å². The monoisotopic (exact) mass is 334 g/mol. The molecule has 0 heterocycles. The third kappa shape index (κ3) is 5.15. The zero-order valence-electron chi connectivity index (χ0n) is 12.2. The van der Waals surface area contributed by atoms with Crippen molar-refractivity contribution in [2.24, 2.45) is 0 Å². The molecule has 0 aliphatic rings. The van der Waals surface area contributed by atoms with Gasteiger partial charge in [0.2, 0.25) is 0 Å². The van der Waals surface area contributed by atoms with E-state index in [-0.39, 0.29) is 0 Å². The van der Waals surface area contributed by atoms with Gasteiger partial charge in [0, 0.05) is 6.92 Å². The van der Waals surface area contributed by atoms with Gasteiger partial charge in [-0.05, 0) is 24.3 Å². The van der Waals surface area contributed by atoms with E-state index in [0.717, 1.165) is 6.92 Å². The number of esters is 1. The van der Waals surface area contributed by atoms with Crippen LogP contribution in [0.25, 0.3) is 0 Å². The number of benzene rings is 2. The molecule has 23 heavy (non-hydrogen) atoms. The van der Waals surface area contributed by atoms with Crippen LogP contribution in [-0.2, 0) is 19.8 Å². The average Bonchev–Trinajstić information content (AvgIpc) is 2.53. The van der Waals surface area contributed by atoms with Crippen LogP contribution < -0.4 is 9.47 Å². The smallest absolute Gasteiger partial charge is 0.316 e. The van der Waals surface area contributed by atoms with Gasteiger partial charge in [0.05, 0.1) is 0 Å². The van der Waals surface area contributed by atoms with Gasteiger partial charge >= 0.3 is 17.3 Å². The number of carbonyl (C=O) groups excluding carboxylic acids is 1. The van der Waals surface area contributed by atoms with E-state index in [9.17, 15) is 13.2 Å². The number of rotatable bonds is 5. The first kappa shape index (κ1) is 16.6. The molecule has 0 aliphatic heterocycles. The molecule has 120 valence electrons. The van der Waals surface area contributed by atoms with Gasteiger partial charge in [0.1, 0.15) is 11.5 Å². The fourth-order valence-corrected chi connectivity index (χ4v) is 2.11. The lowest BCUT2D eigenvalue weighted by Gasteiger charge is -2.19. The molecule has 0 aliphatic carbocycles. The molecule has 0 saturated carbocycles. The average molecular weight is 334 g/mol. The van der Waals surface area contributed by atoms with Crippen LogP contribution >= 0.6 is 0 Å². The largest absolute Gasteiger partial charge is 0.447 e. The van der Waals surface area contributed by atoms with E-state index in [2.05, 4.69) is 0 Å². The minimum absolute atomic E-state index is 0.364. The highest BCUT2D eigenvalue weighted by Gasteiger charge is 2.25. The fraction of sp³-hybridized carbons (Fsp3) is 0.125. The molecule has 0 amide bonds. The molecule has 0 spiro atoms. The predicted octanol–water partition coefficient (Wildman–Crippen LogP) is 2.04. The fourth-order valence-electron chi connectivity index (χ4n) is 1.67. The molecule has 0 atom stereocenters. The molecule has 0 aromatic heterocycles. The van der Waals surface area contributed by atoms with Crippen LogP contribution in [0.2, 0.25) is 0 Å². The summed E-state index contributed by atoms with van der Waals surface area (Å²) in [5, 5.41) is -0.648. The van der Waals surface area contributed by atoms with Crippen LogP contribution in [0.3, 0.4) is 0 Å². The quantitative estimate of drug-likeness (QED) is 0.473. The Kier molecular flexibility index (Phi) is 5.76. The first-order chi connectivity index (χ1) is 11.1. The minimum Gasteiger partial charge on any atom is -0.447 e. The zero-order chi connectivity index (χ0) is 16.7. The first-order valence-electron chi connectivity index (χ1n) is 6.64. The number of hydrogen-bond acceptors (Lipinski definition) is 6. The van der Waals surface area contributed by atoms with Crippen LogP contribution in [0.5, 0.6) is 11.5 Å². The van der Waals surface area contributed by atoms with Gasteiger partial charge in [-0.3, -0.25) is 4.79 Å². The summed E-state index contributed by atoms with van der Waals surface area (Å²) in [6, 6.07) is 16.9. The second-order valence-electron chi connectivity index (χ2n) is 4.34. The second-order valence-corrected chi connectivity index (χ2v) is 5.21. The molecule has 0 radical (unpaired) electrons. The Morgan fingerprint density at radius 3 is 1.65 bits per heavy atom. The number of para-hydroxylation sites is 2. The molecular formula is C16H14O6S. The molecular weight excluding hydrogens is 320 g/mol. The third-order valence-electron chi connectivity index (χ3n) is 2.57. The number of carbonyl (C=O) groups is 1. The summed E-state index contributed by atoms with van der Waals surface area (Å²) in [5.41, 5.74) is 0. The van der Waals surface area contributed by atoms with Crippen molar-refractivity contribution in [1.29, 1.82) is 0 Å². The minimum atomic E-state index is -2.83. The van der Waals surface area contributed by atoms with Gasteiger partial charge in [0.15, 0.2) is 0 Å². The summed E-state index contributed by atoms with van der Waals surface area (Å²) in [4.78, 5) is 11.1. The van der Waals surface area contributed by atoms with Crippen molar-refractivity contribution >= 4 is 21.3 Å². The maximum absolute atomic E-state index is 11.4. The van der Waals surface area contributed by atoms with Crippen LogP contribution in [0, 0.1) is 0 Å². The van der Waals surface area contributed by atoms with Gasteiger partial charge in [-0.1, -0.05) is 36.4 Å². The van der Waals surface area contributed by atoms with Crippen LogP contribution in [0.15, 0.2) is 60.7 Å². The lowest BCUT2D eigenvalue weighted by Crippen LogP contribution is -2.36. The normalized spacial score (nSPS) is 10.0. The van der Waals surface area contributed by atoms with Crippen molar-refractivity contribution in [3.05, 3.63) is 60.7 Å². The van der Waals surface area contributed by atoms with Crippen molar-refractivity contribution in [3.63, 3.8) is 0 Å². The molecule has 2 aromatic rings. The lowest BCUT2D eigenvalue weighted by molar-refractivity contribution is -0.134. The highest BCUT2D eigenvalue weighted by Crippen LogP contribution is 2.17. The van der Waals surface area contributed by atoms with Gasteiger partial charge in [-0.15, -0.1) is 0 Å². The summed E-state index contributed by atoms with van der Waals surface area (Å²) < 4.78 is 38.5. The van der Waals surface area contributed by atoms with Gasteiger partial charge in [-0.2, -0.15) is 8.42 Å². The highest BCUT2D eigenvalue weighted by molar-refractivity contribution is 7.72. The summed E-state index contributed by atoms with van der Waals surface area (Å²) in [7, 11) is -2.83. The molecule has 6 nitrogen and oxygen atoms in total. The lowest BCUT2D eigenvalue weighted by atomic mass is 10.3. The second kappa shape index (κ2) is 8.00. The Morgan fingerprint density at radius 2 is 1.30 bits per heavy atom. The van der Waals surface area contributed by atoms with Crippen molar-refractivity contribution in [2.75, 3.05) is 0 Å². The van der Waals surface area contributed by atoms with Gasteiger partial charge in [-0.25, -0.2) is 0 Å². The Labute approximate surface area is 134 Å². The van der Waals surface area contributed by atoms with E-state index in [1.165, 1.54) is 0 Å². The van der Waals surface area contributed by atoms with E-state index in [4.69, 9.17) is 14.2 Å². The van der Waals surface area contributed by atoms with Crippen molar-refractivity contribution in [1.82, 2.24) is 0 Å². The Bertz CT molecular complexity index is 734. The summed E-state index contributed by atoms with van der Waals surface area (Å²) in [6.45, 7) is 1.09. The Hall–Kier alpha value is -2.80. The zero-order valence-corrected chi connectivity index (χ0v) is 13.0. The standard InChI is InChI=1S/C16H14O6S/c1-12(17)20-16(23(18)19)15(21-13-8-4-2-5-9-13)22-14-10-6-3-7-11-14/h2-11,15H,1H3. The van der Waals surface area contributed by atoms with E-state index in [1.807, 2.05) is 0 Å². The van der Waals surface area contributed by atoms with Gasteiger partial charge in [0.25, 0.3) is 10.3 Å². The first-order valence-corrected chi connectivity index (χ1v) is 7.71. The van der Waals surface area contributed by atoms with E-state index in [1.54, 1.807) is 60.7 Å². The molecule has 0 N–H and O–H groups in total. The molecule has 0 unspecified atom stereocenters. The third-order valence-corrected chi connectivity index (χ3v) is 3.18. The Balaban J connectivity index is 2.33. The van der Waals surface area contributed by atoms with E-state index in [0.29, 0.717) is 11.5 Å². The molecule has 0 fully saturated rings. The van der Waals surface area contributed by atoms with Crippen molar-refractivity contribution in [2.45, 2.75) is 13.2 Å². The van der Waals surface area contributed by atoms with Crippen LogP contribution in [0.1, 0.15) is 6.92 Å². The molecule has 0 saturated heterocycles. The molecule has 2 aromatic carbocycles. The molecule has 7 heteroatoms. The summed E-state index contributed by atoms with van der Waals surface area (Å²) >= 11 is 0. The van der Waals surface area contributed by atoms with Crippen LogP contribution in [-0.4, -0.2) is 25.7 Å². The Morgan fingerprint density at radius 1 is 0.870 bits per heavy atom. The summed E-state index contributed by atoms with van der Waals surface area (Å²) in [6.07, 6.45) is -1.43. The topological polar surface area (TPSA) is 78.9 Å². The maximum Gasteiger partial charge on any atom is 0.316 e. The number of hydrogen-bond donors (Lipinski definition) is 0. The predicted molar refractivity (Wildman–Crippen MR) is 83.6 cm³/mol. The SMILES string of the molecule is CC(=O)OC(C(Oc1ccccc1)Oc1ccccc1)=S(=O)=O. The van der Waals surface area contributed by atoms with Gasteiger partial charge < -0.3 is 14.2 Å². The highest BCUT2D eigenvalue weighted by atomic mass is 32.2. The maximum atomic E-state index is 11.4. The molecule has 2 rings (SSSR count). The summed E-state index contributed by atoms with van der Waals surface area (Å²) in [5.74, 6) is -0.0606. The molecule has 0 bridgehead atoms. The van der Waals surface area contributed by atoms with Crippen molar-refractivity contribution in [3.8, 4) is 11.5 Å². The number of ether oxygens (including phenoxy) is 3. The van der Waals surface area contributed by atoms with Crippen LogP contribution in [0.4, 0.5) is 0 Å². The van der Waals surface area contributed by atoms with E-state index < -0.39 is 27.6 Å². The van der Waals surface area contributed by atoms with E-state index >= 15 is 0 Å².